The molecule has 1 unspecified atom stereocenters. The van der Waals surface area contributed by atoms with Crippen LogP contribution in [0, 0.1) is 0 Å². The number of nitrogens with one attached hydrogen (secondary N) is 2. The van der Waals surface area contributed by atoms with E-state index in [1.807, 2.05) is 0 Å². The summed E-state index contributed by atoms with van der Waals surface area (Å²) in [5.74, 6) is -1.68. The van der Waals surface area contributed by atoms with Crippen molar-refractivity contribution >= 4 is 27.7 Å². The highest BCUT2D eigenvalue weighted by atomic mass is 32.2. The van der Waals surface area contributed by atoms with E-state index in [4.69, 9.17) is 5.11 Å². The summed E-state index contributed by atoms with van der Waals surface area (Å²) in [6, 6.07) is -1.40. The highest BCUT2D eigenvalue weighted by molar-refractivity contribution is 7.94. The van der Waals surface area contributed by atoms with Crippen LogP contribution in [0.5, 0.6) is 0 Å². The van der Waals surface area contributed by atoms with Gasteiger partial charge in [0.15, 0.2) is 9.84 Å². The van der Waals surface area contributed by atoms with Gasteiger partial charge in [0.1, 0.15) is 0 Å². The number of unbranched alkanes of at least 4 members (excludes halogenated alkanes) is 1. The maximum atomic E-state index is 11.4. The molecule has 0 aromatic carbocycles. The summed E-state index contributed by atoms with van der Waals surface area (Å²) in [7, 11) is -3.26. The van der Waals surface area contributed by atoms with Crippen LogP contribution in [0.25, 0.3) is 0 Å². The van der Waals surface area contributed by atoms with Gasteiger partial charge >= 0.3 is 12.0 Å². The number of carbonyl (C=O) groups excluding carboxylic acids is 2. The fourth-order valence-electron chi connectivity index (χ4n) is 1.62. The third-order valence-electron chi connectivity index (χ3n) is 2.54. The molecule has 0 aliphatic carbocycles. The number of amides is 3. The minimum atomic E-state index is -3.26. The Balaban J connectivity index is 2.21. The van der Waals surface area contributed by atoms with E-state index >= 15 is 0 Å². The number of carbonyl (C=O) groups is 3. The van der Waals surface area contributed by atoms with E-state index in [1.54, 1.807) is 0 Å². The van der Waals surface area contributed by atoms with Crippen molar-refractivity contribution in [1.29, 1.82) is 0 Å². The molecule has 0 fully saturated rings. The van der Waals surface area contributed by atoms with Gasteiger partial charge in [-0.1, -0.05) is 0 Å². The Morgan fingerprint density at radius 2 is 1.85 bits per heavy atom. The quantitative estimate of drug-likeness (QED) is 0.581. The first-order valence-corrected chi connectivity index (χ1v) is 7.73. The molecule has 3 N–H and O–H groups in total. The van der Waals surface area contributed by atoms with Gasteiger partial charge in [-0.2, -0.15) is 0 Å². The number of hydrogen-bond acceptors (Lipinski definition) is 5. The summed E-state index contributed by atoms with van der Waals surface area (Å²) >= 11 is 0. The summed E-state index contributed by atoms with van der Waals surface area (Å²) < 4.78 is 22.2. The van der Waals surface area contributed by atoms with E-state index in [-0.39, 0.29) is 18.6 Å². The Hall–Kier alpha value is -1.90. The molecule has 1 heterocycles. The highest BCUT2D eigenvalue weighted by Gasteiger charge is 2.23. The average molecular weight is 304 g/mol. The molecule has 0 bridgehead atoms. The molecule has 3 amide bonds. The van der Waals surface area contributed by atoms with Crippen LogP contribution in [0.3, 0.4) is 0 Å². The molecular formula is C11H16N2O6S. The van der Waals surface area contributed by atoms with Gasteiger partial charge in [0, 0.05) is 18.2 Å². The SMILES string of the molecule is O=C(O)CCCCC(=O)NC(=O)NC1C=CS(=O)(=O)C1. The lowest BCUT2D eigenvalue weighted by molar-refractivity contribution is -0.137. The number of carboxylic acids is 1. The van der Waals surface area contributed by atoms with Crippen molar-refractivity contribution in [3.05, 3.63) is 11.5 Å². The van der Waals surface area contributed by atoms with Gasteiger partial charge in [-0.25, -0.2) is 13.2 Å². The Morgan fingerprint density at radius 3 is 2.40 bits per heavy atom. The van der Waals surface area contributed by atoms with E-state index < -0.39 is 33.8 Å². The maximum absolute atomic E-state index is 11.4. The molecule has 1 atom stereocenters. The van der Waals surface area contributed by atoms with Crippen LogP contribution in [0.1, 0.15) is 25.7 Å². The molecule has 1 aliphatic rings. The summed E-state index contributed by atoms with van der Waals surface area (Å²) in [4.78, 5) is 33.0. The zero-order valence-electron chi connectivity index (χ0n) is 10.7. The molecular weight excluding hydrogens is 288 g/mol. The van der Waals surface area contributed by atoms with E-state index in [9.17, 15) is 22.8 Å². The molecule has 20 heavy (non-hydrogen) atoms. The van der Waals surface area contributed by atoms with E-state index in [0.29, 0.717) is 12.8 Å². The Morgan fingerprint density at radius 1 is 1.20 bits per heavy atom. The standard InChI is InChI=1S/C11H16N2O6S/c14-9(3-1-2-4-10(15)16)13-11(17)12-8-5-6-20(18,19)7-8/h5-6,8H,1-4,7H2,(H,15,16)(H2,12,13,14,17). The van der Waals surface area contributed by atoms with Crippen molar-refractivity contribution in [3.8, 4) is 0 Å². The zero-order chi connectivity index (χ0) is 15.2. The monoisotopic (exact) mass is 304 g/mol. The average Bonchev–Trinajstić information content (AvgIpc) is 2.63. The molecule has 9 heteroatoms. The minimum Gasteiger partial charge on any atom is -0.481 e. The number of rotatable bonds is 6. The number of hydrogen-bond donors (Lipinski definition) is 3. The molecule has 8 nitrogen and oxygen atoms in total. The van der Waals surface area contributed by atoms with E-state index in [0.717, 1.165) is 5.41 Å². The number of urea groups is 1. The Bertz CT molecular complexity index is 525. The first kappa shape index (κ1) is 16.2. The van der Waals surface area contributed by atoms with E-state index in [2.05, 4.69) is 10.6 Å². The zero-order valence-corrected chi connectivity index (χ0v) is 11.5. The van der Waals surface area contributed by atoms with Gasteiger partial charge in [-0.3, -0.25) is 14.9 Å². The van der Waals surface area contributed by atoms with Crippen molar-refractivity contribution in [3.63, 3.8) is 0 Å². The molecule has 0 saturated heterocycles. The molecule has 1 aliphatic heterocycles. The van der Waals surface area contributed by atoms with Crippen LogP contribution in [0.4, 0.5) is 4.79 Å². The van der Waals surface area contributed by atoms with Gasteiger partial charge in [0.05, 0.1) is 11.8 Å². The molecule has 1 rings (SSSR count). The Kier molecular flexibility index (Phi) is 5.68. The second-order valence-electron chi connectivity index (χ2n) is 4.39. The third kappa shape index (κ3) is 6.32. The predicted octanol–water partition coefficient (Wildman–Crippen LogP) is -0.232. The number of carboxylic acid groups (broad SMARTS) is 1. The highest BCUT2D eigenvalue weighted by Crippen LogP contribution is 2.07. The summed E-state index contributed by atoms with van der Waals surface area (Å²) in [6.07, 6.45) is 2.08. The van der Waals surface area contributed by atoms with Gasteiger partial charge in [0.2, 0.25) is 5.91 Å². The predicted molar refractivity (Wildman–Crippen MR) is 69.5 cm³/mol. The van der Waals surface area contributed by atoms with Crippen LogP contribution in [-0.4, -0.2) is 43.2 Å². The number of aliphatic carboxylic acids is 1. The second kappa shape index (κ2) is 7.04. The first-order chi connectivity index (χ1) is 9.28. The van der Waals surface area contributed by atoms with Crippen molar-refractivity contribution in [2.24, 2.45) is 0 Å². The van der Waals surface area contributed by atoms with Gasteiger partial charge in [-0.15, -0.1) is 0 Å². The van der Waals surface area contributed by atoms with Gasteiger partial charge in [0.25, 0.3) is 0 Å². The van der Waals surface area contributed by atoms with Crippen molar-refractivity contribution < 1.29 is 27.9 Å². The summed E-state index contributed by atoms with van der Waals surface area (Å²) in [6.45, 7) is 0. The van der Waals surface area contributed by atoms with Crippen LogP contribution >= 0.6 is 0 Å². The smallest absolute Gasteiger partial charge is 0.321 e. The Labute approximate surface area is 116 Å². The normalized spacial score (nSPS) is 19.5. The maximum Gasteiger partial charge on any atom is 0.321 e. The van der Waals surface area contributed by atoms with E-state index in [1.165, 1.54) is 6.08 Å². The molecule has 0 aromatic heterocycles. The molecule has 0 radical (unpaired) electrons. The minimum absolute atomic E-state index is 0.0236. The second-order valence-corrected chi connectivity index (χ2v) is 6.32. The third-order valence-corrected chi connectivity index (χ3v) is 3.94. The fraction of sp³-hybridized carbons (Fsp3) is 0.545. The van der Waals surface area contributed by atoms with Gasteiger partial charge in [-0.05, 0) is 18.9 Å². The van der Waals surface area contributed by atoms with Crippen molar-refractivity contribution in [1.82, 2.24) is 10.6 Å². The first-order valence-electron chi connectivity index (χ1n) is 6.01. The fourth-order valence-corrected chi connectivity index (χ4v) is 2.86. The van der Waals surface area contributed by atoms with Crippen LogP contribution in [0.2, 0.25) is 0 Å². The molecule has 0 aromatic rings. The number of imide groups is 1. The van der Waals surface area contributed by atoms with Gasteiger partial charge < -0.3 is 10.4 Å². The van der Waals surface area contributed by atoms with Crippen molar-refractivity contribution in [2.45, 2.75) is 31.7 Å². The number of sulfone groups is 1. The lowest BCUT2D eigenvalue weighted by Gasteiger charge is -2.10. The lowest BCUT2D eigenvalue weighted by Crippen LogP contribution is -2.44. The van der Waals surface area contributed by atoms with Crippen LogP contribution in [-0.2, 0) is 19.4 Å². The van der Waals surface area contributed by atoms with Crippen LogP contribution in [0.15, 0.2) is 11.5 Å². The largest absolute Gasteiger partial charge is 0.481 e. The summed E-state index contributed by atoms with van der Waals surface area (Å²) in [5, 5.41) is 13.8. The molecule has 0 saturated carbocycles. The lowest BCUT2D eigenvalue weighted by atomic mass is 10.2. The molecule has 0 spiro atoms. The molecule has 112 valence electrons. The summed E-state index contributed by atoms with van der Waals surface area (Å²) in [5.41, 5.74) is 0. The van der Waals surface area contributed by atoms with Crippen LogP contribution < -0.4 is 10.6 Å². The topological polar surface area (TPSA) is 130 Å². The van der Waals surface area contributed by atoms with Crippen molar-refractivity contribution in [2.75, 3.05) is 5.75 Å².